The Morgan fingerprint density at radius 3 is 2.05 bits per heavy atom. The van der Waals surface area contributed by atoms with Gasteiger partial charge in [-0.1, -0.05) is 12.1 Å². The van der Waals surface area contributed by atoms with Gasteiger partial charge in [0.2, 0.25) is 24.1 Å². The van der Waals surface area contributed by atoms with E-state index < -0.39 is 122 Å². The summed E-state index contributed by atoms with van der Waals surface area (Å²) in [4.78, 5) is 12.5. The maximum absolute atomic E-state index is 12.5. The number of esters is 1. The van der Waals surface area contributed by atoms with Crippen LogP contribution in [-0.2, 0) is 28.5 Å². The van der Waals surface area contributed by atoms with E-state index in [0.29, 0.717) is 5.56 Å². The van der Waals surface area contributed by atoms with Crippen molar-refractivity contribution in [1.82, 2.24) is 0 Å². The molecule has 3 aliphatic heterocycles. The van der Waals surface area contributed by atoms with Gasteiger partial charge in [-0.25, -0.2) is 9.21 Å². The first-order valence-electron chi connectivity index (χ1n) is 20.2. The second-order valence-corrected chi connectivity index (χ2v) is 15.5. The van der Waals surface area contributed by atoms with Crippen molar-refractivity contribution in [2.45, 2.75) is 99.4 Å². The number of aromatic hydroxyl groups is 4. The summed E-state index contributed by atoms with van der Waals surface area (Å²) >= 11 is 0. The van der Waals surface area contributed by atoms with Crippen LogP contribution < -0.4 is 14.2 Å². The second-order valence-electron chi connectivity index (χ2n) is 15.5. The number of hydrogen-bond acceptors (Lipinski definition) is 21. The Bertz CT molecular complexity index is 2320. The van der Waals surface area contributed by atoms with E-state index in [4.69, 9.17) is 42.3 Å². The van der Waals surface area contributed by atoms with Crippen LogP contribution in [0.2, 0.25) is 0 Å². The van der Waals surface area contributed by atoms with Crippen LogP contribution >= 0.6 is 0 Å². The van der Waals surface area contributed by atoms with E-state index in [2.05, 4.69) is 0 Å². The molecule has 0 unspecified atom stereocenters. The number of phenols is 4. The molecule has 0 radical (unpaired) electrons. The predicted octanol–water partition coefficient (Wildman–Crippen LogP) is -0.285. The minimum atomic E-state index is -1.97. The molecule has 22 heteroatoms. The monoisotopic (exact) mass is 917 g/mol. The fourth-order valence-electron chi connectivity index (χ4n) is 7.36. The number of aliphatic hydroxyl groups excluding tert-OH is 8. The van der Waals surface area contributed by atoms with E-state index in [1.165, 1.54) is 43.5 Å². The summed E-state index contributed by atoms with van der Waals surface area (Å²) in [6.07, 6.45) is -19.3. The third-order valence-corrected chi connectivity index (χ3v) is 11.0. The van der Waals surface area contributed by atoms with Gasteiger partial charge in [0.1, 0.15) is 83.7 Å². The second kappa shape index (κ2) is 19.9. The maximum Gasteiger partial charge on any atom is 0.402 e. The molecule has 3 saturated heterocycles. The summed E-state index contributed by atoms with van der Waals surface area (Å²) < 4.78 is 51.8. The number of ether oxygens (including phenoxy) is 8. The highest BCUT2D eigenvalue weighted by atomic mass is 16.7. The first-order chi connectivity index (χ1) is 31.0. The lowest BCUT2D eigenvalue weighted by Crippen LogP contribution is -2.60. The van der Waals surface area contributed by atoms with Gasteiger partial charge < -0.3 is 99.2 Å². The van der Waals surface area contributed by atoms with E-state index in [-0.39, 0.29) is 51.7 Å². The molecule has 12 N–H and O–H groups in total. The van der Waals surface area contributed by atoms with Gasteiger partial charge in [-0.15, -0.1) is 0 Å². The fourth-order valence-corrected chi connectivity index (χ4v) is 7.36. The van der Waals surface area contributed by atoms with Crippen molar-refractivity contribution in [2.75, 3.05) is 20.3 Å². The van der Waals surface area contributed by atoms with Gasteiger partial charge in [0.15, 0.2) is 17.8 Å². The molecule has 0 saturated carbocycles. The van der Waals surface area contributed by atoms with Crippen LogP contribution in [0.5, 0.6) is 40.2 Å². The zero-order valence-electron chi connectivity index (χ0n) is 34.5. The Morgan fingerprint density at radius 2 is 1.38 bits per heavy atom. The molecule has 1 aromatic heterocycles. The largest absolute Gasteiger partial charge is 0.508 e. The van der Waals surface area contributed by atoms with Crippen molar-refractivity contribution in [3.05, 3.63) is 66.2 Å². The number of hydrogen-bond donors (Lipinski definition) is 12. The highest BCUT2D eigenvalue weighted by Crippen LogP contribution is 2.46. The summed E-state index contributed by atoms with van der Waals surface area (Å²) in [5, 5.41) is 126. The Labute approximate surface area is 368 Å². The molecule has 22 nitrogen and oxygen atoms in total. The summed E-state index contributed by atoms with van der Waals surface area (Å²) in [6.45, 7) is 0.250. The molecule has 4 heterocycles. The van der Waals surface area contributed by atoms with Crippen LogP contribution in [0.3, 0.4) is 0 Å². The number of methoxy groups -OCH3 is 1. The highest BCUT2D eigenvalue weighted by Gasteiger charge is 2.48. The minimum absolute atomic E-state index is 0.0190. The molecule has 4 aromatic rings. The van der Waals surface area contributed by atoms with E-state index in [1.54, 1.807) is 19.1 Å². The van der Waals surface area contributed by atoms with Crippen molar-refractivity contribution in [1.29, 1.82) is 0 Å². The van der Waals surface area contributed by atoms with Crippen LogP contribution in [0.4, 0.5) is 0 Å². The molecule has 3 fully saturated rings. The van der Waals surface area contributed by atoms with Crippen molar-refractivity contribution < 1.29 is 108 Å². The van der Waals surface area contributed by atoms with Gasteiger partial charge in [-0.3, -0.25) is 0 Å². The molecule has 0 bridgehead atoms. The van der Waals surface area contributed by atoms with Gasteiger partial charge in [-0.2, -0.15) is 0 Å². The van der Waals surface area contributed by atoms with E-state index in [1.807, 2.05) is 0 Å². The normalized spacial score (nSPS) is 31.7. The van der Waals surface area contributed by atoms with Crippen molar-refractivity contribution in [3.8, 4) is 51.6 Å². The summed E-state index contributed by atoms with van der Waals surface area (Å²) in [5.41, 5.74) is 0.460. The smallest absolute Gasteiger partial charge is 0.402 e. The lowest BCUT2D eigenvalue weighted by Gasteiger charge is -2.41. The van der Waals surface area contributed by atoms with Crippen molar-refractivity contribution in [3.63, 3.8) is 0 Å². The Hall–Kier alpha value is -5.60. The van der Waals surface area contributed by atoms with Crippen LogP contribution in [-0.4, -0.2) is 174 Å². The summed E-state index contributed by atoms with van der Waals surface area (Å²) in [7, 11) is 1.21. The SMILES string of the molecule is COc1cc(-c2[o+]c3cc(O)cc(O[C@@H]4O[C@H](CO)[C@@H](O)[C@H](O)[C@H]4O)c3cc2O[C@@H]2O[C@H](CO[C@@H]3O[C@@H](C)[C@H](OC(=O)/C=C/c4ccc(O)cc4)C[C@H]3O)[C@@H](O)[C@H](O)[C@H]2O)cc(O)c1O. The molecule has 352 valence electrons. The lowest BCUT2D eigenvalue weighted by molar-refractivity contribution is -0.305. The van der Waals surface area contributed by atoms with Gasteiger partial charge in [0, 0.05) is 36.8 Å². The van der Waals surface area contributed by atoms with Crippen LogP contribution in [0.15, 0.2) is 65.1 Å². The lowest BCUT2D eigenvalue weighted by atomic mass is 9.99. The van der Waals surface area contributed by atoms with Gasteiger partial charge >= 0.3 is 17.3 Å². The zero-order valence-corrected chi connectivity index (χ0v) is 34.5. The standard InChI is InChI=1S/C43H48O22/c1-17-25(60-32(49)8-5-18-3-6-20(45)7-4-18)14-24(48)41(59-17)58-16-31-35(52)37(54)39(56)43(65-31)63-29-13-22-26(61-40(29)19-9-23(47)33(50)28(10-19)57-2)11-21(46)12-27(22)62-42-38(55)36(53)34(51)30(15-44)64-42/h3-13,17,24-25,30-31,34-39,41-44,48,51-56H,14-16H2,1-2H3,(H3-,45,46,47,49,50)/p+1/t17-,24+,25+,30+,31+,34+,35+,36-,37-,38+,39+,41+,42+,43+/m0/s1. The topological polar surface area (TPSA) is 345 Å². The summed E-state index contributed by atoms with van der Waals surface area (Å²) in [5.74, 6) is -3.50. The number of carbonyl (C=O) groups is 1. The summed E-state index contributed by atoms with van der Waals surface area (Å²) in [6, 6.07) is 11.8. The molecule has 7 rings (SSSR count). The molecular weight excluding hydrogens is 868 g/mol. The molecule has 0 amide bonds. The van der Waals surface area contributed by atoms with Crippen molar-refractivity contribution in [2.24, 2.45) is 0 Å². The third kappa shape index (κ3) is 10.3. The number of phenolic OH excluding ortho intramolecular Hbond substituents is 4. The zero-order chi connectivity index (χ0) is 46.9. The quantitative estimate of drug-likeness (QED) is 0.0355. The Kier molecular flexibility index (Phi) is 14.5. The molecule has 0 aliphatic carbocycles. The Balaban J connectivity index is 1.12. The number of benzene rings is 3. The molecular formula is C43H49O22+. The Morgan fingerprint density at radius 1 is 0.738 bits per heavy atom. The highest BCUT2D eigenvalue weighted by molar-refractivity contribution is 5.89. The van der Waals surface area contributed by atoms with Gasteiger partial charge in [0.25, 0.3) is 0 Å². The molecule has 14 atom stereocenters. The fraction of sp³-hybridized carbons (Fsp3) is 0.442. The van der Waals surface area contributed by atoms with E-state index in [9.17, 15) is 66.1 Å². The molecule has 3 aromatic carbocycles. The van der Waals surface area contributed by atoms with Gasteiger partial charge in [-0.05, 0) is 30.7 Å². The molecule has 0 spiro atoms. The first kappa shape index (κ1) is 47.4. The average Bonchev–Trinajstić information content (AvgIpc) is 3.28. The number of fused-ring (bicyclic) bond motifs is 1. The number of carbonyl (C=O) groups excluding carboxylic acids is 1. The first-order valence-corrected chi connectivity index (χ1v) is 20.2. The van der Waals surface area contributed by atoms with E-state index in [0.717, 1.165) is 18.2 Å². The van der Waals surface area contributed by atoms with E-state index >= 15 is 0 Å². The average molecular weight is 918 g/mol. The van der Waals surface area contributed by atoms with Crippen LogP contribution in [0.25, 0.3) is 28.4 Å². The van der Waals surface area contributed by atoms with Crippen LogP contribution in [0, 0.1) is 0 Å². The van der Waals surface area contributed by atoms with Gasteiger partial charge in [0.05, 0.1) is 38.1 Å². The minimum Gasteiger partial charge on any atom is -0.508 e. The predicted molar refractivity (Wildman–Crippen MR) is 217 cm³/mol. The number of aliphatic hydroxyl groups is 8. The number of rotatable bonds is 13. The third-order valence-electron chi connectivity index (χ3n) is 11.0. The molecule has 3 aliphatic rings. The maximum atomic E-state index is 12.5. The van der Waals surface area contributed by atoms with Crippen molar-refractivity contribution >= 4 is 23.0 Å². The van der Waals surface area contributed by atoms with Crippen LogP contribution in [0.1, 0.15) is 18.9 Å². The molecule has 65 heavy (non-hydrogen) atoms.